The fourth-order valence-corrected chi connectivity index (χ4v) is 2.82. The molecule has 0 radical (unpaired) electrons. The molecule has 3 rings (SSSR count). The van der Waals surface area contributed by atoms with E-state index in [0.717, 1.165) is 4.47 Å². The topological polar surface area (TPSA) is 30.7 Å². The second-order valence-corrected chi connectivity index (χ2v) is 6.07. The number of rotatable bonds is 3. The van der Waals surface area contributed by atoms with Gasteiger partial charge in [0.1, 0.15) is 11.3 Å². The molecule has 0 amide bonds. The Balaban J connectivity index is 2.33. The molecule has 3 aromatic rings. The highest BCUT2D eigenvalue weighted by Crippen LogP contribution is 2.27. The van der Waals surface area contributed by atoms with Crippen molar-refractivity contribution in [3.8, 4) is 5.69 Å². The van der Waals surface area contributed by atoms with Gasteiger partial charge in [-0.3, -0.25) is 4.57 Å². The van der Waals surface area contributed by atoms with E-state index in [0.29, 0.717) is 35.0 Å². The number of benzene rings is 1. The minimum Gasteiger partial charge on any atom is -0.278 e. The van der Waals surface area contributed by atoms with Crippen LogP contribution >= 0.6 is 39.1 Å². The van der Waals surface area contributed by atoms with Crippen molar-refractivity contribution in [2.75, 3.05) is 5.88 Å². The van der Waals surface area contributed by atoms with Crippen LogP contribution in [0.15, 0.2) is 34.9 Å². The Morgan fingerprint density at radius 2 is 2.14 bits per heavy atom. The van der Waals surface area contributed by atoms with E-state index < -0.39 is 5.82 Å². The van der Waals surface area contributed by atoms with Gasteiger partial charge < -0.3 is 0 Å². The van der Waals surface area contributed by atoms with Crippen LogP contribution in [0.4, 0.5) is 4.39 Å². The normalized spacial score (nSPS) is 11.2. The van der Waals surface area contributed by atoms with Gasteiger partial charge >= 0.3 is 0 Å². The maximum Gasteiger partial charge on any atom is 0.165 e. The summed E-state index contributed by atoms with van der Waals surface area (Å²) in [6.45, 7) is 0. The van der Waals surface area contributed by atoms with Crippen molar-refractivity contribution in [3.05, 3.63) is 51.6 Å². The van der Waals surface area contributed by atoms with Gasteiger partial charge in [0, 0.05) is 23.0 Å². The summed E-state index contributed by atoms with van der Waals surface area (Å²) in [5.41, 5.74) is 1.56. The molecule has 0 aliphatic carbocycles. The summed E-state index contributed by atoms with van der Waals surface area (Å²) in [5.74, 6) is 0.526. The van der Waals surface area contributed by atoms with Crippen molar-refractivity contribution < 1.29 is 4.39 Å². The highest BCUT2D eigenvalue weighted by molar-refractivity contribution is 9.10. The molecule has 108 valence electrons. The van der Waals surface area contributed by atoms with Crippen molar-refractivity contribution in [2.45, 2.75) is 6.42 Å². The number of pyridine rings is 1. The number of aromatic nitrogens is 3. The summed E-state index contributed by atoms with van der Waals surface area (Å²) >= 11 is 15.1. The minimum absolute atomic E-state index is 0.0586. The molecule has 0 saturated carbocycles. The van der Waals surface area contributed by atoms with E-state index >= 15 is 0 Å². The first-order chi connectivity index (χ1) is 10.1. The number of aryl methyl sites for hydroxylation is 1. The lowest BCUT2D eigenvalue weighted by Gasteiger charge is -2.09. The molecule has 21 heavy (non-hydrogen) atoms. The van der Waals surface area contributed by atoms with Crippen LogP contribution in [-0.2, 0) is 6.42 Å². The number of alkyl halides is 1. The van der Waals surface area contributed by atoms with Crippen molar-refractivity contribution >= 4 is 50.3 Å². The fourth-order valence-electron chi connectivity index (χ4n) is 2.16. The molecule has 0 aliphatic heterocycles. The van der Waals surface area contributed by atoms with Crippen LogP contribution in [-0.4, -0.2) is 20.4 Å². The Morgan fingerprint density at radius 3 is 2.90 bits per heavy atom. The Labute approximate surface area is 138 Å². The minimum atomic E-state index is -0.501. The predicted octanol–water partition coefficient (Wildman–Crippen LogP) is 4.76. The standard InChI is InChI=1S/C14H9BrCl2FN3/c15-8-6-10-14(19-7-8)21(12(20-10)4-5-16)11-3-1-2-9(17)13(11)18/h1-3,6-7H,4-5H2. The molecule has 0 bridgehead atoms. The van der Waals surface area contributed by atoms with Crippen LogP contribution in [0, 0.1) is 5.82 Å². The Hall–Kier alpha value is -1.17. The highest BCUT2D eigenvalue weighted by Gasteiger charge is 2.17. The third-order valence-electron chi connectivity index (χ3n) is 3.02. The van der Waals surface area contributed by atoms with E-state index in [1.807, 2.05) is 6.07 Å². The molecule has 0 unspecified atom stereocenters. The van der Waals surface area contributed by atoms with Gasteiger partial charge in [-0.05, 0) is 34.1 Å². The van der Waals surface area contributed by atoms with Crippen molar-refractivity contribution in [1.82, 2.24) is 14.5 Å². The third kappa shape index (κ3) is 2.65. The third-order valence-corrected chi connectivity index (χ3v) is 3.94. The second kappa shape index (κ2) is 5.91. The number of hydrogen-bond donors (Lipinski definition) is 0. The van der Waals surface area contributed by atoms with Crippen LogP contribution in [0.5, 0.6) is 0 Å². The Morgan fingerprint density at radius 1 is 1.33 bits per heavy atom. The van der Waals surface area contributed by atoms with E-state index in [1.54, 1.807) is 22.9 Å². The molecule has 7 heteroatoms. The zero-order valence-electron chi connectivity index (χ0n) is 10.7. The first kappa shape index (κ1) is 14.8. The molecule has 2 aromatic heterocycles. The summed E-state index contributed by atoms with van der Waals surface area (Å²) in [6.07, 6.45) is 2.15. The van der Waals surface area contributed by atoms with Gasteiger partial charge in [-0.2, -0.15) is 0 Å². The Bertz CT molecular complexity index is 819. The van der Waals surface area contributed by atoms with Crippen molar-refractivity contribution in [3.63, 3.8) is 0 Å². The molecule has 1 aromatic carbocycles. The van der Waals surface area contributed by atoms with Gasteiger partial charge in [0.2, 0.25) is 0 Å². The van der Waals surface area contributed by atoms with Gasteiger partial charge in [0.25, 0.3) is 0 Å². The lowest BCUT2D eigenvalue weighted by molar-refractivity contribution is 0.617. The lowest BCUT2D eigenvalue weighted by Crippen LogP contribution is -2.05. The smallest absolute Gasteiger partial charge is 0.165 e. The summed E-state index contributed by atoms with van der Waals surface area (Å²) in [4.78, 5) is 8.82. The fraction of sp³-hybridized carbons (Fsp3) is 0.143. The summed E-state index contributed by atoms with van der Waals surface area (Å²) in [5, 5.41) is 0.0586. The predicted molar refractivity (Wildman–Crippen MR) is 86.0 cm³/mol. The molecule has 0 spiro atoms. The molecule has 0 atom stereocenters. The zero-order valence-corrected chi connectivity index (χ0v) is 13.8. The maximum absolute atomic E-state index is 14.3. The number of imidazole rings is 1. The van der Waals surface area contributed by atoms with E-state index in [2.05, 4.69) is 25.9 Å². The van der Waals surface area contributed by atoms with Crippen LogP contribution in [0.3, 0.4) is 0 Å². The van der Waals surface area contributed by atoms with Gasteiger partial charge in [-0.25, -0.2) is 14.4 Å². The summed E-state index contributed by atoms with van der Waals surface area (Å²) in [7, 11) is 0. The number of nitrogens with zero attached hydrogens (tertiary/aromatic N) is 3. The monoisotopic (exact) mass is 387 g/mol. The highest BCUT2D eigenvalue weighted by atomic mass is 79.9. The molecule has 0 fully saturated rings. The molecule has 0 N–H and O–H groups in total. The van der Waals surface area contributed by atoms with E-state index in [4.69, 9.17) is 23.2 Å². The van der Waals surface area contributed by atoms with E-state index in [9.17, 15) is 4.39 Å². The van der Waals surface area contributed by atoms with Crippen LogP contribution < -0.4 is 0 Å². The zero-order chi connectivity index (χ0) is 15.0. The van der Waals surface area contributed by atoms with Gasteiger partial charge in [-0.15, -0.1) is 11.6 Å². The van der Waals surface area contributed by atoms with Crippen LogP contribution in [0.2, 0.25) is 5.02 Å². The first-order valence-corrected chi connectivity index (χ1v) is 7.85. The summed E-state index contributed by atoms with van der Waals surface area (Å²) in [6, 6.07) is 6.67. The molecule has 0 saturated heterocycles. The molecule has 3 nitrogen and oxygen atoms in total. The maximum atomic E-state index is 14.3. The van der Waals surface area contributed by atoms with E-state index in [-0.39, 0.29) is 5.02 Å². The van der Waals surface area contributed by atoms with Crippen LogP contribution in [0.1, 0.15) is 5.82 Å². The number of fused-ring (bicyclic) bond motifs is 1. The van der Waals surface area contributed by atoms with Crippen molar-refractivity contribution in [1.29, 1.82) is 0 Å². The quantitative estimate of drug-likeness (QED) is 0.605. The largest absolute Gasteiger partial charge is 0.278 e. The van der Waals surface area contributed by atoms with Crippen LogP contribution in [0.25, 0.3) is 16.9 Å². The van der Waals surface area contributed by atoms with E-state index in [1.165, 1.54) is 6.07 Å². The number of hydrogen-bond acceptors (Lipinski definition) is 2. The Kier molecular flexibility index (Phi) is 4.15. The van der Waals surface area contributed by atoms with Gasteiger partial charge in [0.05, 0.1) is 10.7 Å². The molecule has 2 heterocycles. The molecular weight excluding hydrogens is 380 g/mol. The van der Waals surface area contributed by atoms with Gasteiger partial charge in [0.15, 0.2) is 11.5 Å². The average Bonchev–Trinajstić information content (AvgIpc) is 2.79. The molecular formula is C14H9BrCl2FN3. The SMILES string of the molecule is Fc1c(Cl)cccc1-n1c(CCCl)nc2cc(Br)cnc21. The lowest BCUT2D eigenvalue weighted by atomic mass is 10.3. The second-order valence-electron chi connectivity index (χ2n) is 4.37. The first-order valence-electron chi connectivity index (χ1n) is 6.15. The average molecular weight is 389 g/mol. The molecule has 0 aliphatic rings. The number of halogens is 4. The van der Waals surface area contributed by atoms with Gasteiger partial charge in [-0.1, -0.05) is 17.7 Å². The summed E-state index contributed by atoms with van der Waals surface area (Å²) < 4.78 is 16.8. The van der Waals surface area contributed by atoms with Crippen molar-refractivity contribution in [2.24, 2.45) is 0 Å².